The lowest BCUT2D eigenvalue weighted by Crippen LogP contribution is -2.40. The normalized spacial score (nSPS) is 14.6. The van der Waals surface area contributed by atoms with Gasteiger partial charge in [0.25, 0.3) is 0 Å². The van der Waals surface area contributed by atoms with Crippen molar-refractivity contribution >= 4 is 16.0 Å². The minimum Gasteiger partial charge on any atom is -0.481 e. The number of carboxylic acids is 1. The first-order chi connectivity index (χ1) is 8.41. The molecule has 114 valence electrons. The topological polar surface area (TPSA) is 83.5 Å². The van der Waals surface area contributed by atoms with Gasteiger partial charge < -0.3 is 5.11 Å². The Morgan fingerprint density at radius 2 is 1.79 bits per heavy atom. The fourth-order valence-electron chi connectivity index (χ4n) is 1.81. The highest BCUT2D eigenvalue weighted by molar-refractivity contribution is 7.89. The third-order valence-corrected chi connectivity index (χ3v) is 4.06. The second-order valence-corrected chi connectivity index (χ2v) is 8.55. The molecule has 0 aromatic heterocycles. The largest absolute Gasteiger partial charge is 0.481 e. The number of sulfonamides is 1. The predicted molar refractivity (Wildman–Crippen MR) is 76.5 cm³/mol. The highest BCUT2D eigenvalue weighted by Crippen LogP contribution is 2.22. The SMILES string of the molecule is CC(C)CCS(=O)(=O)NC(CC(=O)O)CC(C)(C)C. The Hall–Kier alpha value is -0.620. The van der Waals surface area contributed by atoms with E-state index < -0.39 is 22.0 Å². The van der Waals surface area contributed by atoms with E-state index in [-0.39, 0.29) is 17.6 Å². The van der Waals surface area contributed by atoms with Gasteiger partial charge >= 0.3 is 5.97 Å². The van der Waals surface area contributed by atoms with Gasteiger partial charge in [-0.15, -0.1) is 0 Å². The molecule has 0 saturated carbocycles. The van der Waals surface area contributed by atoms with Crippen LogP contribution in [-0.2, 0) is 14.8 Å². The molecule has 0 heterocycles. The Bertz CT molecular complexity index is 382. The smallest absolute Gasteiger partial charge is 0.304 e. The molecule has 6 heteroatoms. The maximum Gasteiger partial charge on any atom is 0.304 e. The molecule has 1 unspecified atom stereocenters. The maximum absolute atomic E-state index is 11.9. The van der Waals surface area contributed by atoms with Gasteiger partial charge in [0, 0.05) is 6.04 Å². The van der Waals surface area contributed by atoms with Crippen LogP contribution in [0.2, 0.25) is 0 Å². The van der Waals surface area contributed by atoms with Crippen molar-refractivity contribution in [2.75, 3.05) is 5.75 Å². The van der Waals surface area contributed by atoms with Crippen molar-refractivity contribution in [3.05, 3.63) is 0 Å². The van der Waals surface area contributed by atoms with Crippen molar-refractivity contribution in [3.63, 3.8) is 0 Å². The van der Waals surface area contributed by atoms with Crippen LogP contribution in [0.15, 0.2) is 0 Å². The Balaban J connectivity index is 4.66. The highest BCUT2D eigenvalue weighted by atomic mass is 32.2. The number of aliphatic carboxylic acids is 1. The second kappa shape index (κ2) is 7.24. The Kier molecular flexibility index (Phi) is 7.00. The Morgan fingerprint density at radius 3 is 2.16 bits per heavy atom. The molecule has 0 fully saturated rings. The van der Waals surface area contributed by atoms with Crippen LogP contribution in [0.25, 0.3) is 0 Å². The molecule has 0 amide bonds. The van der Waals surface area contributed by atoms with Crippen LogP contribution >= 0.6 is 0 Å². The number of carboxylic acid groups (broad SMARTS) is 1. The first-order valence-corrected chi connectivity index (χ1v) is 8.28. The Morgan fingerprint density at radius 1 is 1.26 bits per heavy atom. The number of carbonyl (C=O) groups is 1. The molecule has 2 N–H and O–H groups in total. The van der Waals surface area contributed by atoms with Gasteiger partial charge in [0.2, 0.25) is 10.0 Å². The molecule has 0 aromatic carbocycles. The summed E-state index contributed by atoms with van der Waals surface area (Å²) in [6.07, 6.45) is 0.892. The lowest BCUT2D eigenvalue weighted by atomic mass is 9.87. The number of hydrogen-bond acceptors (Lipinski definition) is 3. The average Bonchev–Trinajstić information content (AvgIpc) is 2.09. The highest BCUT2D eigenvalue weighted by Gasteiger charge is 2.25. The molecule has 0 aliphatic heterocycles. The third-order valence-electron chi connectivity index (χ3n) is 2.59. The van der Waals surface area contributed by atoms with Crippen LogP contribution in [0, 0.1) is 11.3 Å². The van der Waals surface area contributed by atoms with Gasteiger partial charge in [0.05, 0.1) is 12.2 Å². The molecule has 0 saturated heterocycles. The lowest BCUT2D eigenvalue weighted by Gasteiger charge is -2.25. The zero-order valence-electron chi connectivity index (χ0n) is 12.6. The summed E-state index contributed by atoms with van der Waals surface area (Å²) in [6.45, 7) is 9.80. The van der Waals surface area contributed by atoms with Gasteiger partial charge in [-0.3, -0.25) is 4.79 Å². The monoisotopic (exact) mass is 293 g/mol. The van der Waals surface area contributed by atoms with Crippen LogP contribution in [0.5, 0.6) is 0 Å². The standard InChI is InChI=1S/C13H27NO4S/c1-10(2)6-7-19(17,18)14-11(8-12(15)16)9-13(3,4)5/h10-11,14H,6-9H2,1-5H3,(H,15,16). The van der Waals surface area contributed by atoms with Crippen molar-refractivity contribution in [3.8, 4) is 0 Å². The zero-order chi connectivity index (χ0) is 15.3. The summed E-state index contributed by atoms with van der Waals surface area (Å²) >= 11 is 0. The van der Waals surface area contributed by atoms with Gasteiger partial charge in [-0.05, 0) is 24.2 Å². The van der Waals surface area contributed by atoms with Gasteiger partial charge in [-0.2, -0.15) is 0 Å². The van der Waals surface area contributed by atoms with Crippen molar-refractivity contribution in [1.82, 2.24) is 4.72 Å². The summed E-state index contributed by atoms with van der Waals surface area (Å²) in [5.74, 6) is -0.636. The second-order valence-electron chi connectivity index (χ2n) is 6.68. The van der Waals surface area contributed by atoms with Crippen LogP contribution in [0.1, 0.15) is 53.9 Å². The van der Waals surface area contributed by atoms with E-state index >= 15 is 0 Å². The van der Waals surface area contributed by atoms with E-state index in [9.17, 15) is 13.2 Å². The molecule has 5 nitrogen and oxygen atoms in total. The number of hydrogen-bond donors (Lipinski definition) is 2. The van der Waals surface area contributed by atoms with E-state index in [4.69, 9.17) is 5.11 Å². The molecule has 0 rings (SSSR count). The minimum absolute atomic E-state index is 0.0466. The summed E-state index contributed by atoms with van der Waals surface area (Å²) in [6, 6.07) is -0.547. The van der Waals surface area contributed by atoms with Gasteiger partial charge in [-0.1, -0.05) is 34.6 Å². The molecule has 0 aliphatic rings. The van der Waals surface area contributed by atoms with Crippen LogP contribution in [0.4, 0.5) is 0 Å². The maximum atomic E-state index is 11.9. The number of nitrogens with one attached hydrogen (secondary N) is 1. The molecule has 0 aliphatic carbocycles. The van der Waals surface area contributed by atoms with E-state index in [1.54, 1.807) is 0 Å². The quantitative estimate of drug-likeness (QED) is 0.719. The van der Waals surface area contributed by atoms with Crippen LogP contribution < -0.4 is 4.72 Å². The van der Waals surface area contributed by atoms with Crippen molar-refractivity contribution < 1.29 is 18.3 Å². The predicted octanol–water partition coefficient (Wildman–Crippen LogP) is 2.23. The molecule has 0 bridgehead atoms. The van der Waals surface area contributed by atoms with Crippen LogP contribution in [-0.4, -0.2) is 31.3 Å². The first-order valence-electron chi connectivity index (χ1n) is 6.63. The van der Waals surface area contributed by atoms with E-state index in [0.717, 1.165) is 0 Å². The molecule has 0 spiro atoms. The van der Waals surface area contributed by atoms with E-state index in [0.29, 0.717) is 18.8 Å². The molecular weight excluding hydrogens is 266 g/mol. The molecule has 19 heavy (non-hydrogen) atoms. The zero-order valence-corrected chi connectivity index (χ0v) is 13.4. The van der Waals surface area contributed by atoms with Crippen molar-refractivity contribution in [1.29, 1.82) is 0 Å². The molecule has 1 atom stereocenters. The fourth-order valence-corrected chi connectivity index (χ4v) is 3.38. The first kappa shape index (κ1) is 18.4. The van der Waals surface area contributed by atoms with E-state index in [1.165, 1.54) is 0 Å². The Labute approximate surface area is 116 Å². The molecule has 0 radical (unpaired) electrons. The van der Waals surface area contributed by atoms with E-state index in [1.807, 2.05) is 34.6 Å². The fraction of sp³-hybridized carbons (Fsp3) is 0.923. The van der Waals surface area contributed by atoms with E-state index in [2.05, 4.69) is 4.72 Å². The lowest BCUT2D eigenvalue weighted by molar-refractivity contribution is -0.137. The van der Waals surface area contributed by atoms with Gasteiger partial charge in [-0.25, -0.2) is 13.1 Å². The number of rotatable bonds is 8. The minimum atomic E-state index is -3.41. The van der Waals surface area contributed by atoms with Crippen molar-refractivity contribution in [2.45, 2.75) is 59.9 Å². The van der Waals surface area contributed by atoms with Crippen LogP contribution in [0.3, 0.4) is 0 Å². The van der Waals surface area contributed by atoms with Gasteiger partial charge in [0.1, 0.15) is 0 Å². The van der Waals surface area contributed by atoms with Gasteiger partial charge in [0.15, 0.2) is 0 Å². The average molecular weight is 293 g/mol. The molecule has 0 aromatic rings. The molecular formula is C13H27NO4S. The summed E-state index contributed by atoms with van der Waals surface area (Å²) < 4.78 is 26.3. The summed E-state index contributed by atoms with van der Waals surface area (Å²) in [5.41, 5.74) is -0.124. The third kappa shape index (κ3) is 10.9. The summed E-state index contributed by atoms with van der Waals surface area (Å²) in [5, 5.41) is 8.86. The summed E-state index contributed by atoms with van der Waals surface area (Å²) in [4.78, 5) is 10.8. The summed E-state index contributed by atoms with van der Waals surface area (Å²) in [7, 11) is -3.41. The van der Waals surface area contributed by atoms with Crippen molar-refractivity contribution in [2.24, 2.45) is 11.3 Å².